The van der Waals surface area contributed by atoms with Crippen LogP contribution >= 0.6 is 15.9 Å². The largest absolute Gasteiger partial charge is 0.467 e. The third-order valence-corrected chi connectivity index (χ3v) is 6.29. The van der Waals surface area contributed by atoms with Crippen LogP contribution in [0.15, 0.2) is 40.9 Å². The van der Waals surface area contributed by atoms with E-state index < -0.39 is 0 Å². The molecule has 0 atom stereocenters. The molecule has 9 heteroatoms. The molecule has 33 heavy (non-hydrogen) atoms. The average molecular weight is 521 g/mol. The van der Waals surface area contributed by atoms with Gasteiger partial charge in [0.2, 0.25) is 11.8 Å². The quantitative estimate of drug-likeness (QED) is 0.472. The van der Waals surface area contributed by atoms with Crippen molar-refractivity contribution in [2.45, 2.75) is 13.3 Å². The molecule has 8 nitrogen and oxygen atoms in total. The van der Waals surface area contributed by atoms with E-state index in [0.717, 1.165) is 16.7 Å². The Morgan fingerprint density at radius 1 is 0.909 bits per heavy atom. The molecule has 0 saturated carbocycles. The van der Waals surface area contributed by atoms with Gasteiger partial charge in [-0.25, -0.2) is 0 Å². The Balaban J connectivity index is 1.99. The molecule has 3 rings (SSSR count). The maximum Gasteiger partial charge on any atom is 0.227 e. The van der Waals surface area contributed by atoms with Crippen molar-refractivity contribution in [3.8, 4) is 22.6 Å². The Morgan fingerprint density at radius 2 is 1.48 bits per heavy atom. The summed E-state index contributed by atoms with van der Waals surface area (Å²) in [5, 5.41) is 0. The van der Waals surface area contributed by atoms with Gasteiger partial charge in [-0.2, -0.15) is 0 Å². The van der Waals surface area contributed by atoms with E-state index in [1.54, 1.807) is 37.0 Å². The minimum absolute atomic E-state index is 0.0270. The molecule has 0 aromatic heterocycles. The van der Waals surface area contributed by atoms with Crippen LogP contribution in [-0.4, -0.2) is 75.6 Å². The van der Waals surface area contributed by atoms with E-state index in [0.29, 0.717) is 42.2 Å². The fraction of sp³-hybridized carbons (Fsp3) is 0.417. The van der Waals surface area contributed by atoms with Crippen molar-refractivity contribution in [2.75, 3.05) is 54.0 Å². The van der Waals surface area contributed by atoms with Crippen molar-refractivity contribution >= 4 is 27.7 Å². The van der Waals surface area contributed by atoms with Crippen LogP contribution in [0.5, 0.6) is 11.5 Å². The van der Waals surface area contributed by atoms with Gasteiger partial charge in [-0.3, -0.25) is 9.59 Å². The molecule has 0 unspecified atom stereocenters. The number of rotatable bonds is 9. The predicted octanol–water partition coefficient (Wildman–Crippen LogP) is 3.31. The number of hydrogen-bond donors (Lipinski definition) is 0. The van der Waals surface area contributed by atoms with Gasteiger partial charge in [0.1, 0.15) is 11.5 Å². The van der Waals surface area contributed by atoms with E-state index in [9.17, 15) is 9.59 Å². The monoisotopic (exact) mass is 520 g/mol. The first kappa shape index (κ1) is 25.0. The number of carbonyl (C=O) groups excluding carboxylic acids is 2. The Morgan fingerprint density at radius 3 is 2.06 bits per heavy atom. The molecule has 1 aliphatic heterocycles. The lowest BCUT2D eigenvalue weighted by molar-refractivity contribution is -0.138. The molecule has 1 fully saturated rings. The maximum atomic E-state index is 13.3. The smallest absolute Gasteiger partial charge is 0.227 e. The van der Waals surface area contributed by atoms with Crippen LogP contribution in [-0.2, 0) is 25.5 Å². The van der Waals surface area contributed by atoms with Gasteiger partial charge in [-0.05, 0) is 27.1 Å². The Labute approximate surface area is 202 Å². The third kappa shape index (κ3) is 6.25. The molecule has 178 valence electrons. The van der Waals surface area contributed by atoms with Crippen LogP contribution in [0, 0.1) is 0 Å². The standard InChI is InChI=1S/C24H29BrN2O6/c1-17(28)26-9-11-27(12-10-26)22(29)13-19-23(18-7-5-4-6-8-18)20(32-15-30-2)14-21(24(19)25)33-16-31-3/h4-8,14H,9-13,15-16H2,1-3H3. The minimum Gasteiger partial charge on any atom is -0.467 e. The second-order valence-corrected chi connectivity index (χ2v) is 8.36. The van der Waals surface area contributed by atoms with Gasteiger partial charge in [0, 0.05) is 59.0 Å². The Hall–Kier alpha value is -2.62. The van der Waals surface area contributed by atoms with E-state index in [1.165, 1.54) is 0 Å². The summed E-state index contributed by atoms with van der Waals surface area (Å²) in [6.45, 7) is 3.72. The number of amides is 2. The van der Waals surface area contributed by atoms with Crippen molar-refractivity contribution in [1.29, 1.82) is 0 Å². The molecule has 0 spiro atoms. The van der Waals surface area contributed by atoms with Crippen LogP contribution in [0.2, 0.25) is 0 Å². The number of hydrogen-bond acceptors (Lipinski definition) is 6. The SMILES string of the molecule is COCOc1cc(OCOC)c(-c2ccccc2)c(CC(=O)N2CCN(C(C)=O)CC2)c1Br. The summed E-state index contributed by atoms with van der Waals surface area (Å²) in [5.74, 6) is 1.05. The molecular formula is C24H29BrN2O6. The van der Waals surface area contributed by atoms with Crippen molar-refractivity contribution in [3.63, 3.8) is 0 Å². The van der Waals surface area contributed by atoms with Gasteiger partial charge < -0.3 is 28.7 Å². The molecule has 1 heterocycles. The number of ether oxygens (including phenoxy) is 4. The lowest BCUT2D eigenvalue weighted by Gasteiger charge is -2.34. The third-order valence-electron chi connectivity index (χ3n) is 5.42. The van der Waals surface area contributed by atoms with E-state index >= 15 is 0 Å². The molecule has 1 aliphatic rings. The second-order valence-electron chi connectivity index (χ2n) is 7.57. The highest BCUT2D eigenvalue weighted by Gasteiger charge is 2.27. The zero-order valence-corrected chi connectivity index (χ0v) is 20.7. The van der Waals surface area contributed by atoms with Gasteiger partial charge in [0.25, 0.3) is 0 Å². The van der Waals surface area contributed by atoms with Crippen LogP contribution in [0.4, 0.5) is 0 Å². The van der Waals surface area contributed by atoms with Gasteiger partial charge >= 0.3 is 0 Å². The normalized spacial score (nSPS) is 13.7. The van der Waals surface area contributed by atoms with E-state index in [2.05, 4.69) is 15.9 Å². The highest BCUT2D eigenvalue weighted by molar-refractivity contribution is 9.10. The zero-order valence-electron chi connectivity index (χ0n) is 19.1. The summed E-state index contributed by atoms with van der Waals surface area (Å²) >= 11 is 3.65. The van der Waals surface area contributed by atoms with Crippen molar-refractivity contribution in [3.05, 3.63) is 46.4 Å². The Bertz CT molecular complexity index is 961. The number of carbonyl (C=O) groups is 2. The molecule has 0 bridgehead atoms. The molecule has 1 saturated heterocycles. The van der Waals surface area contributed by atoms with Gasteiger partial charge in [-0.1, -0.05) is 30.3 Å². The van der Waals surface area contributed by atoms with Gasteiger partial charge in [0.05, 0.1) is 10.9 Å². The second kappa shape index (κ2) is 12.0. The van der Waals surface area contributed by atoms with E-state index in [4.69, 9.17) is 18.9 Å². The summed E-state index contributed by atoms with van der Waals surface area (Å²) in [6.07, 6.45) is 0.137. The lowest BCUT2D eigenvalue weighted by Crippen LogP contribution is -2.50. The lowest BCUT2D eigenvalue weighted by atomic mass is 9.95. The molecule has 2 amide bonds. The first-order chi connectivity index (χ1) is 16.0. The maximum absolute atomic E-state index is 13.3. The molecule has 0 N–H and O–H groups in total. The first-order valence-electron chi connectivity index (χ1n) is 10.6. The molecule has 0 aliphatic carbocycles. The predicted molar refractivity (Wildman–Crippen MR) is 127 cm³/mol. The molecular weight excluding hydrogens is 492 g/mol. The van der Waals surface area contributed by atoms with Crippen LogP contribution < -0.4 is 9.47 Å². The van der Waals surface area contributed by atoms with Gasteiger partial charge in [-0.15, -0.1) is 0 Å². The topological polar surface area (TPSA) is 77.5 Å². The fourth-order valence-corrected chi connectivity index (χ4v) is 4.31. The highest BCUT2D eigenvalue weighted by atomic mass is 79.9. The fourth-order valence-electron chi connectivity index (χ4n) is 3.75. The number of halogens is 1. The summed E-state index contributed by atoms with van der Waals surface area (Å²) in [5.41, 5.74) is 2.45. The zero-order chi connectivity index (χ0) is 23.8. The summed E-state index contributed by atoms with van der Waals surface area (Å²) < 4.78 is 22.5. The van der Waals surface area contributed by atoms with E-state index in [1.807, 2.05) is 30.3 Å². The van der Waals surface area contributed by atoms with Crippen LogP contribution in [0.1, 0.15) is 12.5 Å². The molecule has 2 aromatic rings. The summed E-state index contributed by atoms with van der Waals surface area (Å²) in [6, 6.07) is 11.5. The minimum atomic E-state index is -0.0299. The first-order valence-corrected chi connectivity index (χ1v) is 11.4. The van der Waals surface area contributed by atoms with Crippen molar-refractivity contribution < 1.29 is 28.5 Å². The van der Waals surface area contributed by atoms with Crippen molar-refractivity contribution in [1.82, 2.24) is 9.80 Å². The van der Waals surface area contributed by atoms with E-state index in [-0.39, 0.29) is 31.8 Å². The number of benzene rings is 2. The summed E-state index contributed by atoms with van der Waals surface area (Å²) in [7, 11) is 3.09. The molecule has 0 radical (unpaired) electrons. The number of nitrogens with zero attached hydrogens (tertiary/aromatic N) is 2. The average Bonchev–Trinajstić information content (AvgIpc) is 2.83. The van der Waals surface area contributed by atoms with Gasteiger partial charge in [0.15, 0.2) is 13.6 Å². The highest BCUT2D eigenvalue weighted by Crippen LogP contribution is 2.43. The number of methoxy groups -OCH3 is 2. The van der Waals surface area contributed by atoms with Crippen molar-refractivity contribution in [2.24, 2.45) is 0 Å². The Kier molecular flexibility index (Phi) is 9.11. The molecule has 2 aromatic carbocycles. The number of piperazine rings is 1. The van der Waals surface area contributed by atoms with Crippen LogP contribution in [0.3, 0.4) is 0 Å². The van der Waals surface area contributed by atoms with Crippen LogP contribution in [0.25, 0.3) is 11.1 Å². The summed E-state index contributed by atoms with van der Waals surface area (Å²) in [4.78, 5) is 28.5.